The van der Waals surface area contributed by atoms with E-state index in [4.69, 9.17) is 23.2 Å². The molecule has 0 aliphatic carbocycles. The lowest BCUT2D eigenvalue weighted by Gasteiger charge is -2.33. The number of halogens is 2. The predicted octanol–water partition coefficient (Wildman–Crippen LogP) is 3.84. The van der Waals surface area contributed by atoms with Gasteiger partial charge in [0.15, 0.2) is 0 Å². The van der Waals surface area contributed by atoms with Crippen molar-refractivity contribution in [3.8, 4) is 11.3 Å². The molecular weight excluding hydrogens is 361 g/mol. The van der Waals surface area contributed by atoms with E-state index in [1.54, 1.807) is 18.3 Å². The molecule has 22 heavy (non-hydrogen) atoms. The van der Waals surface area contributed by atoms with Crippen LogP contribution in [0.3, 0.4) is 0 Å². The molecule has 1 saturated heterocycles. The third-order valence-corrected chi connectivity index (χ3v) is 5.98. The highest BCUT2D eigenvalue weighted by atomic mass is 35.5. The molecule has 0 unspecified atom stereocenters. The van der Waals surface area contributed by atoms with Gasteiger partial charge >= 0.3 is 0 Å². The van der Waals surface area contributed by atoms with Gasteiger partial charge in [-0.2, -0.15) is 0 Å². The monoisotopic (exact) mass is 375 g/mol. The van der Waals surface area contributed by atoms with Crippen LogP contribution in [0.4, 0.5) is 0 Å². The van der Waals surface area contributed by atoms with Crippen LogP contribution in [0, 0.1) is 0 Å². The van der Waals surface area contributed by atoms with Gasteiger partial charge < -0.3 is 4.90 Å². The number of hydrogen-bond donors (Lipinski definition) is 0. The quantitative estimate of drug-likeness (QED) is 0.817. The van der Waals surface area contributed by atoms with Crippen molar-refractivity contribution in [2.75, 3.05) is 26.2 Å². The zero-order valence-electron chi connectivity index (χ0n) is 12.0. The second-order valence-electron chi connectivity index (χ2n) is 5.15. The lowest BCUT2D eigenvalue weighted by Crippen LogP contribution is -2.47. The van der Waals surface area contributed by atoms with Gasteiger partial charge in [0.2, 0.25) is 5.91 Å². The Morgan fingerprint density at radius 1 is 1.32 bits per heavy atom. The Kier molecular flexibility index (Phi) is 5.04. The molecule has 118 valence electrons. The maximum atomic E-state index is 11.3. The van der Waals surface area contributed by atoms with Crippen LogP contribution in [-0.4, -0.2) is 46.9 Å². The van der Waals surface area contributed by atoms with Crippen LogP contribution in [0.5, 0.6) is 0 Å². The van der Waals surface area contributed by atoms with Crippen LogP contribution in [-0.2, 0) is 11.3 Å². The molecule has 0 aromatic carbocycles. The van der Waals surface area contributed by atoms with E-state index >= 15 is 0 Å². The van der Waals surface area contributed by atoms with E-state index in [0.717, 1.165) is 49.0 Å². The Morgan fingerprint density at radius 3 is 2.64 bits per heavy atom. The van der Waals surface area contributed by atoms with E-state index in [2.05, 4.69) is 9.88 Å². The maximum Gasteiger partial charge on any atom is 0.219 e. The van der Waals surface area contributed by atoms with Crippen LogP contribution in [0.1, 0.15) is 11.9 Å². The van der Waals surface area contributed by atoms with Gasteiger partial charge in [0.05, 0.1) is 16.6 Å². The van der Waals surface area contributed by atoms with Crippen molar-refractivity contribution in [3.63, 3.8) is 0 Å². The first-order valence-corrected chi connectivity index (χ1v) is 9.35. The Hall–Kier alpha value is -0.660. The summed E-state index contributed by atoms with van der Waals surface area (Å²) in [5.74, 6) is 0.153. The minimum atomic E-state index is 0.153. The molecule has 1 aliphatic rings. The van der Waals surface area contributed by atoms with E-state index in [1.807, 2.05) is 16.3 Å². The van der Waals surface area contributed by atoms with Crippen LogP contribution < -0.4 is 0 Å². The average Bonchev–Trinajstić information content (AvgIpc) is 3.06. The van der Waals surface area contributed by atoms with Crippen molar-refractivity contribution >= 4 is 51.8 Å². The summed E-state index contributed by atoms with van der Waals surface area (Å²) in [5.41, 5.74) is 1.79. The fourth-order valence-electron chi connectivity index (χ4n) is 2.43. The second-order valence-corrected chi connectivity index (χ2v) is 8.37. The van der Waals surface area contributed by atoms with E-state index in [9.17, 15) is 4.79 Å². The largest absolute Gasteiger partial charge is 0.340 e. The molecule has 0 bridgehead atoms. The fraction of sp³-hybridized carbons (Fsp3) is 0.429. The SMILES string of the molecule is CC(=O)N1CCN(Cc2nc(-c3cc(Cl)sc3Cl)cs2)CC1. The summed E-state index contributed by atoms with van der Waals surface area (Å²) in [6, 6.07) is 1.86. The van der Waals surface area contributed by atoms with Crippen molar-refractivity contribution in [3.05, 3.63) is 25.1 Å². The molecule has 0 atom stereocenters. The number of amides is 1. The summed E-state index contributed by atoms with van der Waals surface area (Å²) in [7, 11) is 0. The van der Waals surface area contributed by atoms with Crippen LogP contribution >= 0.6 is 45.9 Å². The number of carbonyl (C=O) groups is 1. The molecule has 0 saturated carbocycles. The summed E-state index contributed by atoms with van der Waals surface area (Å²) >= 11 is 15.2. The number of carbonyl (C=O) groups excluding carboxylic acids is 1. The lowest BCUT2D eigenvalue weighted by atomic mass is 10.3. The molecule has 0 radical (unpaired) electrons. The van der Waals surface area contributed by atoms with E-state index < -0.39 is 0 Å². The van der Waals surface area contributed by atoms with E-state index in [-0.39, 0.29) is 5.91 Å². The molecule has 0 N–H and O–H groups in total. The normalized spacial score (nSPS) is 16.2. The number of aromatic nitrogens is 1. The molecule has 3 rings (SSSR count). The second kappa shape index (κ2) is 6.84. The molecule has 3 heterocycles. The van der Waals surface area contributed by atoms with Gasteiger partial charge in [-0.1, -0.05) is 23.2 Å². The van der Waals surface area contributed by atoms with Crippen molar-refractivity contribution in [2.24, 2.45) is 0 Å². The number of nitrogens with zero attached hydrogens (tertiary/aromatic N) is 3. The van der Waals surface area contributed by atoms with Gasteiger partial charge in [-0.25, -0.2) is 4.98 Å². The summed E-state index contributed by atoms with van der Waals surface area (Å²) in [6.45, 7) is 5.79. The minimum absolute atomic E-state index is 0.153. The first-order valence-electron chi connectivity index (χ1n) is 6.90. The number of piperazine rings is 1. The van der Waals surface area contributed by atoms with Gasteiger partial charge in [-0.05, 0) is 6.07 Å². The van der Waals surface area contributed by atoms with Crippen LogP contribution in [0.2, 0.25) is 8.67 Å². The van der Waals surface area contributed by atoms with E-state index in [0.29, 0.717) is 8.67 Å². The summed E-state index contributed by atoms with van der Waals surface area (Å²) in [6.07, 6.45) is 0. The van der Waals surface area contributed by atoms with Gasteiger partial charge in [0.25, 0.3) is 0 Å². The number of hydrogen-bond acceptors (Lipinski definition) is 5. The minimum Gasteiger partial charge on any atom is -0.340 e. The smallest absolute Gasteiger partial charge is 0.219 e. The fourth-order valence-corrected chi connectivity index (χ4v) is 4.75. The number of thiophene rings is 1. The molecule has 4 nitrogen and oxygen atoms in total. The number of thiazole rings is 1. The van der Waals surface area contributed by atoms with Crippen molar-refractivity contribution in [1.29, 1.82) is 0 Å². The Labute approximate surface area is 147 Å². The van der Waals surface area contributed by atoms with Crippen molar-refractivity contribution in [2.45, 2.75) is 13.5 Å². The molecule has 2 aromatic heterocycles. The highest BCUT2D eigenvalue weighted by Crippen LogP contribution is 2.38. The predicted molar refractivity (Wildman–Crippen MR) is 93.0 cm³/mol. The molecule has 1 fully saturated rings. The summed E-state index contributed by atoms with van der Waals surface area (Å²) in [5, 5.41) is 3.08. The van der Waals surface area contributed by atoms with Crippen LogP contribution in [0.15, 0.2) is 11.4 Å². The number of rotatable bonds is 3. The highest BCUT2D eigenvalue weighted by molar-refractivity contribution is 7.20. The third kappa shape index (κ3) is 3.63. The average molecular weight is 376 g/mol. The Bertz CT molecular complexity index is 677. The molecule has 1 amide bonds. The van der Waals surface area contributed by atoms with E-state index in [1.165, 1.54) is 11.3 Å². The third-order valence-electron chi connectivity index (χ3n) is 3.66. The summed E-state index contributed by atoms with van der Waals surface area (Å²) < 4.78 is 1.35. The zero-order valence-corrected chi connectivity index (χ0v) is 15.2. The Balaban J connectivity index is 1.63. The molecular formula is C14H15Cl2N3OS2. The standard InChI is InChI=1S/C14H15Cl2N3OS2/c1-9(20)19-4-2-18(3-5-19)7-13-17-11(8-21-13)10-6-12(15)22-14(10)16/h6,8H,2-5,7H2,1H3. The topological polar surface area (TPSA) is 36.4 Å². The summed E-state index contributed by atoms with van der Waals surface area (Å²) in [4.78, 5) is 20.2. The first kappa shape index (κ1) is 16.2. The molecule has 0 spiro atoms. The first-order chi connectivity index (χ1) is 10.5. The van der Waals surface area contributed by atoms with Crippen LogP contribution in [0.25, 0.3) is 11.3 Å². The Morgan fingerprint density at radius 2 is 2.05 bits per heavy atom. The molecule has 1 aliphatic heterocycles. The highest BCUT2D eigenvalue weighted by Gasteiger charge is 2.20. The zero-order chi connectivity index (χ0) is 15.7. The lowest BCUT2D eigenvalue weighted by molar-refractivity contribution is -0.130. The van der Waals surface area contributed by atoms with Gasteiger partial charge in [-0.3, -0.25) is 9.69 Å². The van der Waals surface area contributed by atoms with Gasteiger partial charge in [0.1, 0.15) is 9.34 Å². The van der Waals surface area contributed by atoms with Gasteiger partial charge in [0, 0.05) is 44.0 Å². The van der Waals surface area contributed by atoms with Crippen molar-refractivity contribution in [1.82, 2.24) is 14.8 Å². The van der Waals surface area contributed by atoms with Crippen molar-refractivity contribution < 1.29 is 4.79 Å². The molecule has 8 heteroatoms. The maximum absolute atomic E-state index is 11.3. The molecule has 2 aromatic rings. The van der Waals surface area contributed by atoms with Gasteiger partial charge in [-0.15, -0.1) is 22.7 Å².